The van der Waals surface area contributed by atoms with Gasteiger partial charge < -0.3 is 9.64 Å². The van der Waals surface area contributed by atoms with Crippen molar-refractivity contribution in [2.75, 3.05) is 24.7 Å². The molecule has 1 aliphatic heterocycles. The number of aryl methyl sites for hydroxylation is 1. The number of morpholine rings is 1. The second-order valence-corrected chi connectivity index (χ2v) is 4.23. The van der Waals surface area contributed by atoms with Gasteiger partial charge in [0.25, 0.3) is 0 Å². The van der Waals surface area contributed by atoms with Gasteiger partial charge >= 0.3 is 0 Å². The molecule has 2 heterocycles. The van der Waals surface area contributed by atoms with Gasteiger partial charge in [-0.2, -0.15) is 0 Å². The molecule has 0 spiro atoms. The molecular weight excluding hydrogens is 184 g/mol. The fraction of sp³-hybridized carbons (Fsp3) is 0.667. The highest BCUT2D eigenvalue weighted by atomic mass is 32.1. The van der Waals surface area contributed by atoms with Gasteiger partial charge in [0.05, 0.1) is 24.9 Å². The van der Waals surface area contributed by atoms with Crippen molar-refractivity contribution in [2.24, 2.45) is 0 Å². The predicted molar refractivity (Wildman–Crippen MR) is 54.5 cm³/mol. The van der Waals surface area contributed by atoms with E-state index in [1.165, 1.54) is 0 Å². The van der Waals surface area contributed by atoms with E-state index in [9.17, 15) is 0 Å². The van der Waals surface area contributed by atoms with Crippen molar-refractivity contribution < 1.29 is 4.74 Å². The molecule has 0 radical (unpaired) electrons. The molecule has 3 nitrogen and oxygen atoms in total. The maximum Gasteiger partial charge on any atom is 0.185 e. The molecule has 0 saturated carbocycles. The minimum atomic E-state index is 0.458. The van der Waals surface area contributed by atoms with E-state index in [0.717, 1.165) is 30.6 Å². The molecular formula is C9H14N2OS. The number of anilines is 1. The summed E-state index contributed by atoms with van der Waals surface area (Å²) in [6, 6.07) is 0.458. The molecule has 0 aliphatic carbocycles. The van der Waals surface area contributed by atoms with Crippen LogP contribution in [0, 0.1) is 6.92 Å². The zero-order valence-corrected chi connectivity index (χ0v) is 8.80. The summed E-state index contributed by atoms with van der Waals surface area (Å²) in [7, 11) is 0. The van der Waals surface area contributed by atoms with Crippen LogP contribution >= 0.6 is 11.3 Å². The third-order valence-corrected chi connectivity index (χ3v) is 3.22. The number of rotatable bonds is 1. The molecule has 0 bridgehead atoms. The summed E-state index contributed by atoms with van der Waals surface area (Å²) >= 11 is 1.72. The lowest BCUT2D eigenvalue weighted by Crippen LogP contribution is -2.43. The van der Waals surface area contributed by atoms with Crippen LogP contribution < -0.4 is 4.90 Å². The molecule has 1 atom stereocenters. The highest BCUT2D eigenvalue weighted by Gasteiger charge is 2.20. The smallest absolute Gasteiger partial charge is 0.185 e. The molecule has 1 aromatic rings. The summed E-state index contributed by atoms with van der Waals surface area (Å²) in [4.78, 5) is 6.79. The fourth-order valence-corrected chi connectivity index (χ4v) is 2.42. The fourth-order valence-electron chi connectivity index (χ4n) is 1.48. The molecule has 1 fully saturated rings. The van der Waals surface area contributed by atoms with E-state index >= 15 is 0 Å². The molecule has 4 heteroatoms. The molecule has 1 aliphatic rings. The van der Waals surface area contributed by atoms with Crippen molar-refractivity contribution in [3.05, 3.63) is 11.1 Å². The first-order valence-electron chi connectivity index (χ1n) is 4.54. The summed E-state index contributed by atoms with van der Waals surface area (Å²) < 4.78 is 5.38. The first kappa shape index (κ1) is 8.97. The highest BCUT2D eigenvalue weighted by Crippen LogP contribution is 2.23. The van der Waals surface area contributed by atoms with Crippen LogP contribution in [0.1, 0.15) is 12.6 Å². The zero-order valence-electron chi connectivity index (χ0n) is 7.99. The van der Waals surface area contributed by atoms with Crippen LogP contribution in [0.3, 0.4) is 0 Å². The molecule has 0 N–H and O–H groups in total. The zero-order chi connectivity index (χ0) is 9.26. The van der Waals surface area contributed by atoms with Gasteiger partial charge in [0, 0.05) is 11.9 Å². The molecule has 1 unspecified atom stereocenters. The minimum Gasteiger partial charge on any atom is -0.377 e. The molecule has 0 aromatic carbocycles. The Morgan fingerprint density at radius 3 is 3.15 bits per heavy atom. The third-order valence-electron chi connectivity index (χ3n) is 2.22. The van der Waals surface area contributed by atoms with Crippen LogP contribution in [-0.4, -0.2) is 30.8 Å². The topological polar surface area (TPSA) is 25.4 Å². The van der Waals surface area contributed by atoms with E-state index in [4.69, 9.17) is 4.74 Å². The standard InChI is InChI=1S/C9H14N2OS/c1-7-6-13-9(10-7)11-3-4-12-5-8(11)2/h6,8H,3-5H2,1-2H3. The summed E-state index contributed by atoms with van der Waals surface area (Å²) in [5, 5.41) is 3.23. The largest absolute Gasteiger partial charge is 0.377 e. The van der Waals surface area contributed by atoms with Crippen molar-refractivity contribution in [3.8, 4) is 0 Å². The first-order chi connectivity index (χ1) is 6.27. The summed E-state index contributed by atoms with van der Waals surface area (Å²) in [6.07, 6.45) is 0. The van der Waals surface area contributed by atoms with E-state index in [1.54, 1.807) is 11.3 Å². The van der Waals surface area contributed by atoms with Crippen molar-refractivity contribution in [2.45, 2.75) is 19.9 Å². The van der Waals surface area contributed by atoms with Crippen LogP contribution in [0.4, 0.5) is 5.13 Å². The quantitative estimate of drug-likeness (QED) is 0.686. The van der Waals surface area contributed by atoms with Crippen LogP contribution in [0.2, 0.25) is 0 Å². The van der Waals surface area contributed by atoms with Crippen LogP contribution in [0.15, 0.2) is 5.38 Å². The SMILES string of the molecule is Cc1csc(N2CCOCC2C)n1. The normalized spacial score (nSPS) is 23.5. The Balaban J connectivity index is 2.14. The van der Waals surface area contributed by atoms with Gasteiger partial charge in [-0.05, 0) is 13.8 Å². The molecule has 72 valence electrons. The van der Waals surface area contributed by atoms with Gasteiger partial charge in [-0.3, -0.25) is 0 Å². The maximum absolute atomic E-state index is 5.38. The monoisotopic (exact) mass is 198 g/mol. The first-order valence-corrected chi connectivity index (χ1v) is 5.42. The third kappa shape index (κ3) is 1.84. The molecule has 13 heavy (non-hydrogen) atoms. The Morgan fingerprint density at radius 1 is 1.69 bits per heavy atom. The number of aromatic nitrogens is 1. The molecule has 2 rings (SSSR count). The van der Waals surface area contributed by atoms with Crippen LogP contribution in [-0.2, 0) is 4.74 Å². The van der Waals surface area contributed by atoms with Gasteiger partial charge in [-0.15, -0.1) is 11.3 Å². The highest BCUT2D eigenvalue weighted by molar-refractivity contribution is 7.13. The van der Waals surface area contributed by atoms with Gasteiger partial charge in [-0.25, -0.2) is 4.98 Å². The second-order valence-electron chi connectivity index (χ2n) is 3.39. The van der Waals surface area contributed by atoms with E-state index in [-0.39, 0.29) is 0 Å². The average Bonchev–Trinajstić information content (AvgIpc) is 2.53. The summed E-state index contributed by atoms with van der Waals surface area (Å²) in [5.41, 5.74) is 1.11. The van der Waals surface area contributed by atoms with Crippen molar-refractivity contribution in [1.29, 1.82) is 0 Å². The number of thiazole rings is 1. The lowest BCUT2D eigenvalue weighted by atomic mass is 10.3. The Kier molecular flexibility index (Phi) is 2.51. The number of hydrogen-bond acceptors (Lipinski definition) is 4. The van der Waals surface area contributed by atoms with Gasteiger partial charge in [0.1, 0.15) is 0 Å². The minimum absolute atomic E-state index is 0.458. The summed E-state index contributed by atoms with van der Waals surface area (Å²) in [6.45, 7) is 6.82. The van der Waals surface area contributed by atoms with E-state index in [0.29, 0.717) is 6.04 Å². The number of ether oxygens (including phenoxy) is 1. The molecule has 0 amide bonds. The Labute approximate surface area is 82.3 Å². The Morgan fingerprint density at radius 2 is 2.54 bits per heavy atom. The van der Waals surface area contributed by atoms with Gasteiger partial charge in [0.2, 0.25) is 0 Å². The van der Waals surface area contributed by atoms with E-state index in [2.05, 4.69) is 22.2 Å². The van der Waals surface area contributed by atoms with Crippen molar-refractivity contribution >= 4 is 16.5 Å². The lowest BCUT2D eigenvalue weighted by molar-refractivity contribution is 0.0989. The second kappa shape index (κ2) is 3.64. The number of nitrogens with zero attached hydrogens (tertiary/aromatic N) is 2. The predicted octanol–water partition coefficient (Wildman–Crippen LogP) is 1.68. The van der Waals surface area contributed by atoms with Crippen molar-refractivity contribution in [1.82, 2.24) is 4.98 Å². The molecule has 1 saturated heterocycles. The maximum atomic E-state index is 5.38. The Bertz CT molecular complexity index is 287. The number of hydrogen-bond donors (Lipinski definition) is 0. The van der Waals surface area contributed by atoms with Gasteiger partial charge in [0.15, 0.2) is 5.13 Å². The van der Waals surface area contributed by atoms with Gasteiger partial charge in [-0.1, -0.05) is 0 Å². The van der Waals surface area contributed by atoms with Crippen LogP contribution in [0.25, 0.3) is 0 Å². The van der Waals surface area contributed by atoms with E-state index in [1.807, 2.05) is 6.92 Å². The van der Waals surface area contributed by atoms with E-state index < -0.39 is 0 Å². The molecule has 1 aromatic heterocycles. The lowest BCUT2D eigenvalue weighted by Gasteiger charge is -2.32. The van der Waals surface area contributed by atoms with Crippen molar-refractivity contribution in [3.63, 3.8) is 0 Å². The van der Waals surface area contributed by atoms with Crippen LogP contribution in [0.5, 0.6) is 0 Å². The average molecular weight is 198 g/mol. The Hall–Kier alpha value is -0.610. The summed E-state index contributed by atoms with van der Waals surface area (Å²) in [5.74, 6) is 0.